The molecule has 0 aliphatic heterocycles. The maximum atomic E-state index is 5.48. The summed E-state index contributed by atoms with van der Waals surface area (Å²) in [7, 11) is 0. The normalized spacial score (nSPS) is 10.8. The molecular weight excluding hydrogens is 154 g/mol. The largest absolute Gasteiger partial charge is 0.384 e. The van der Waals surface area contributed by atoms with E-state index in [1.165, 1.54) is 0 Å². The molecule has 2 aromatic rings. The third-order valence-electron chi connectivity index (χ3n) is 1.63. The molecule has 12 heavy (non-hydrogen) atoms. The number of nitrogens with zero attached hydrogens (tertiary/aromatic N) is 3. The first-order chi connectivity index (χ1) is 5.79. The highest BCUT2D eigenvalue weighted by molar-refractivity contribution is 5.47. The molecule has 2 heterocycles. The van der Waals surface area contributed by atoms with Crippen LogP contribution in [0.25, 0.3) is 5.65 Å². The van der Waals surface area contributed by atoms with Gasteiger partial charge in [0.1, 0.15) is 17.8 Å². The quantitative estimate of drug-likeness (QED) is 0.608. The van der Waals surface area contributed by atoms with Crippen LogP contribution < -0.4 is 11.5 Å². The van der Waals surface area contributed by atoms with Gasteiger partial charge in [-0.05, 0) is 0 Å². The lowest BCUT2D eigenvalue weighted by Crippen LogP contribution is -1.95. The van der Waals surface area contributed by atoms with Crippen LogP contribution in [0.1, 0.15) is 5.69 Å². The topological polar surface area (TPSA) is 82.2 Å². The number of fused-ring (bicyclic) bond motifs is 1. The summed E-state index contributed by atoms with van der Waals surface area (Å²) in [5, 5.41) is 0. The Morgan fingerprint density at radius 1 is 1.50 bits per heavy atom. The van der Waals surface area contributed by atoms with E-state index in [0.29, 0.717) is 12.4 Å². The zero-order valence-electron chi connectivity index (χ0n) is 6.44. The number of imidazole rings is 1. The zero-order chi connectivity index (χ0) is 8.55. The molecule has 0 fully saturated rings. The predicted molar refractivity (Wildman–Crippen MR) is 45.3 cm³/mol. The van der Waals surface area contributed by atoms with Crippen molar-refractivity contribution in [3.63, 3.8) is 0 Å². The molecule has 0 spiro atoms. The van der Waals surface area contributed by atoms with Crippen molar-refractivity contribution in [3.05, 3.63) is 24.3 Å². The maximum absolute atomic E-state index is 5.48. The first-order valence-electron chi connectivity index (χ1n) is 3.59. The zero-order valence-corrected chi connectivity index (χ0v) is 6.44. The number of nitrogens with two attached hydrogens (primary N) is 2. The van der Waals surface area contributed by atoms with Crippen LogP contribution in [0.15, 0.2) is 18.6 Å². The fourth-order valence-corrected chi connectivity index (χ4v) is 1.06. The van der Waals surface area contributed by atoms with E-state index in [-0.39, 0.29) is 0 Å². The van der Waals surface area contributed by atoms with Crippen molar-refractivity contribution >= 4 is 11.5 Å². The second-order valence-corrected chi connectivity index (χ2v) is 2.52. The molecule has 0 aliphatic rings. The molecule has 0 saturated carbocycles. The molecule has 0 radical (unpaired) electrons. The summed E-state index contributed by atoms with van der Waals surface area (Å²) in [5.74, 6) is 0.469. The van der Waals surface area contributed by atoms with Gasteiger partial charge in [-0.15, -0.1) is 0 Å². The SMILES string of the molecule is NCc1cn2cnc(N)cc2n1. The lowest BCUT2D eigenvalue weighted by atomic mass is 10.5. The number of hydrogen-bond acceptors (Lipinski definition) is 4. The standard InChI is InChI=1S/C7H9N5/c8-2-5-3-12-4-10-6(9)1-7(12)11-5/h1,3-4H,2,8-9H2. The van der Waals surface area contributed by atoms with E-state index in [4.69, 9.17) is 11.5 Å². The molecule has 0 bridgehead atoms. The van der Waals surface area contributed by atoms with E-state index in [0.717, 1.165) is 11.3 Å². The Labute approximate surface area is 69.0 Å². The number of rotatable bonds is 1. The van der Waals surface area contributed by atoms with E-state index in [9.17, 15) is 0 Å². The average Bonchev–Trinajstić information content (AvgIpc) is 2.46. The Hall–Kier alpha value is -1.62. The minimum absolute atomic E-state index is 0.432. The number of hydrogen-bond donors (Lipinski definition) is 2. The van der Waals surface area contributed by atoms with Crippen LogP contribution in [0, 0.1) is 0 Å². The smallest absolute Gasteiger partial charge is 0.141 e. The van der Waals surface area contributed by atoms with E-state index in [1.54, 1.807) is 16.8 Å². The number of anilines is 1. The fourth-order valence-electron chi connectivity index (χ4n) is 1.06. The van der Waals surface area contributed by atoms with Crippen molar-refractivity contribution < 1.29 is 0 Å². The Kier molecular flexibility index (Phi) is 1.44. The molecule has 0 saturated heterocycles. The van der Waals surface area contributed by atoms with Gasteiger partial charge in [-0.25, -0.2) is 9.97 Å². The third kappa shape index (κ3) is 0.998. The molecule has 0 unspecified atom stereocenters. The van der Waals surface area contributed by atoms with Crippen LogP contribution in [0.2, 0.25) is 0 Å². The summed E-state index contributed by atoms with van der Waals surface area (Å²) in [6.45, 7) is 0.432. The molecular formula is C7H9N5. The Morgan fingerprint density at radius 3 is 3.08 bits per heavy atom. The van der Waals surface area contributed by atoms with Crippen LogP contribution in [-0.4, -0.2) is 14.4 Å². The Morgan fingerprint density at radius 2 is 2.33 bits per heavy atom. The highest BCUT2D eigenvalue weighted by Gasteiger charge is 1.99. The summed E-state index contributed by atoms with van der Waals surface area (Å²) in [6, 6.07) is 1.71. The third-order valence-corrected chi connectivity index (χ3v) is 1.63. The van der Waals surface area contributed by atoms with Gasteiger partial charge in [-0.3, -0.25) is 4.40 Å². The van der Waals surface area contributed by atoms with Crippen molar-refractivity contribution in [2.75, 3.05) is 5.73 Å². The molecule has 0 amide bonds. The van der Waals surface area contributed by atoms with Crippen LogP contribution in [-0.2, 0) is 6.54 Å². The van der Waals surface area contributed by atoms with Crippen molar-refractivity contribution in [3.8, 4) is 0 Å². The molecule has 0 atom stereocenters. The van der Waals surface area contributed by atoms with Crippen molar-refractivity contribution in [1.82, 2.24) is 14.4 Å². The van der Waals surface area contributed by atoms with Gasteiger partial charge < -0.3 is 11.5 Å². The van der Waals surface area contributed by atoms with Gasteiger partial charge in [0.2, 0.25) is 0 Å². The summed E-state index contributed by atoms with van der Waals surface area (Å²) in [5.41, 5.74) is 12.5. The minimum atomic E-state index is 0.432. The van der Waals surface area contributed by atoms with E-state index in [1.807, 2.05) is 6.20 Å². The minimum Gasteiger partial charge on any atom is -0.384 e. The molecule has 4 N–H and O–H groups in total. The van der Waals surface area contributed by atoms with Crippen LogP contribution in [0.5, 0.6) is 0 Å². The number of nitrogen functional groups attached to an aromatic ring is 1. The van der Waals surface area contributed by atoms with Crippen molar-refractivity contribution in [2.45, 2.75) is 6.54 Å². The molecule has 0 aliphatic carbocycles. The van der Waals surface area contributed by atoms with Gasteiger partial charge in [-0.2, -0.15) is 0 Å². The molecule has 5 nitrogen and oxygen atoms in total. The summed E-state index contributed by atoms with van der Waals surface area (Å²) >= 11 is 0. The summed E-state index contributed by atoms with van der Waals surface area (Å²) < 4.78 is 1.79. The maximum Gasteiger partial charge on any atom is 0.141 e. The summed E-state index contributed by atoms with van der Waals surface area (Å²) in [6.07, 6.45) is 3.46. The Bertz CT molecular complexity index is 405. The van der Waals surface area contributed by atoms with E-state index < -0.39 is 0 Å². The first-order valence-corrected chi connectivity index (χ1v) is 3.59. The Balaban J connectivity index is 2.67. The fraction of sp³-hybridized carbons (Fsp3) is 0.143. The van der Waals surface area contributed by atoms with Gasteiger partial charge in [0.25, 0.3) is 0 Å². The van der Waals surface area contributed by atoms with Crippen molar-refractivity contribution in [1.29, 1.82) is 0 Å². The second-order valence-electron chi connectivity index (χ2n) is 2.52. The van der Waals surface area contributed by atoms with Gasteiger partial charge in [0.05, 0.1) is 5.69 Å². The lowest BCUT2D eigenvalue weighted by molar-refractivity contribution is 1.01. The molecule has 0 aromatic carbocycles. The van der Waals surface area contributed by atoms with Gasteiger partial charge in [-0.1, -0.05) is 0 Å². The summed E-state index contributed by atoms with van der Waals surface area (Å²) in [4.78, 5) is 8.12. The first kappa shape index (κ1) is 7.05. The monoisotopic (exact) mass is 163 g/mol. The van der Waals surface area contributed by atoms with Crippen LogP contribution >= 0.6 is 0 Å². The van der Waals surface area contributed by atoms with E-state index in [2.05, 4.69) is 9.97 Å². The number of aromatic nitrogens is 3. The van der Waals surface area contributed by atoms with Gasteiger partial charge in [0, 0.05) is 18.8 Å². The molecule has 2 aromatic heterocycles. The van der Waals surface area contributed by atoms with E-state index >= 15 is 0 Å². The highest BCUT2D eigenvalue weighted by Crippen LogP contribution is 2.05. The lowest BCUT2D eigenvalue weighted by Gasteiger charge is -1.91. The highest BCUT2D eigenvalue weighted by atomic mass is 15.1. The molecule has 2 rings (SSSR count). The van der Waals surface area contributed by atoms with Crippen LogP contribution in [0.4, 0.5) is 5.82 Å². The molecule has 5 heteroatoms. The van der Waals surface area contributed by atoms with Gasteiger partial charge >= 0.3 is 0 Å². The van der Waals surface area contributed by atoms with Crippen molar-refractivity contribution in [2.24, 2.45) is 5.73 Å². The molecule has 62 valence electrons. The van der Waals surface area contributed by atoms with Gasteiger partial charge in [0.15, 0.2) is 0 Å². The predicted octanol–water partition coefficient (Wildman–Crippen LogP) is -0.230. The van der Waals surface area contributed by atoms with Crippen LogP contribution in [0.3, 0.4) is 0 Å². The average molecular weight is 163 g/mol. The second kappa shape index (κ2) is 2.46.